The van der Waals surface area contributed by atoms with Crippen molar-refractivity contribution in [2.45, 2.75) is 38.6 Å². The number of urea groups is 1. The van der Waals surface area contributed by atoms with Gasteiger partial charge in [0, 0.05) is 19.4 Å². The Labute approximate surface area is 129 Å². The van der Waals surface area contributed by atoms with Crippen LogP contribution >= 0.6 is 11.3 Å². The molecule has 1 saturated heterocycles. The molecule has 1 aromatic heterocycles. The normalized spacial score (nSPS) is 21.2. The number of nitrogens with one attached hydrogen (secondary N) is 3. The highest BCUT2D eigenvalue weighted by Gasteiger charge is 2.32. The number of hydrogen-bond donors (Lipinski definition) is 3. The Morgan fingerprint density at radius 2 is 2.33 bits per heavy atom. The second-order valence-corrected chi connectivity index (χ2v) is 6.43. The lowest BCUT2D eigenvalue weighted by atomic mass is 10.2. The summed E-state index contributed by atoms with van der Waals surface area (Å²) in [7, 11) is 0. The first-order valence-electron chi connectivity index (χ1n) is 7.66. The maximum Gasteiger partial charge on any atom is 0.321 e. The summed E-state index contributed by atoms with van der Waals surface area (Å²) >= 11 is 1.75. The summed E-state index contributed by atoms with van der Waals surface area (Å²) in [5, 5.41) is 7.20. The highest BCUT2D eigenvalue weighted by Crippen LogP contribution is 2.23. The van der Waals surface area contributed by atoms with E-state index in [0.717, 1.165) is 32.2 Å². The average Bonchev–Trinajstić information content (AvgIpc) is 3.09. The third-order valence-corrected chi connectivity index (χ3v) is 4.81. The molecular formula is C15H24N3O2S+. The Kier molecular flexibility index (Phi) is 6.20. The predicted octanol–water partition coefficient (Wildman–Crippen LogP) is 1.09. The van der Waals surface area contributed by atoms with Crippen LogP contribution in [0.25, 0.3) is 0 Å². The summed E-state index contributed by atoms with van der Waals surface area (Å²) in [5.74, 6) is -0.192. The van der Waals surface area contributed by atoms with E-state index in [1.165, 1.54) is 9.78 Å². The minimum atomic E-state index is -0.375. The number of thiophene rings is 1. The molecule has 0 spiro atoms. The van der Waals surface area contributed by atoms with Crippen LogP contribution in [-0.2, 0) is 4.79 Å². The van der Waals surface area contributed by atoms with Crippen molar-refractivity contribution in [3.63, 3.8) is 0 Å². The molecule has 1 unspecified atom stereocenters. The number of amides is 3. The fourth-order valence-corrected chi connectivity index (χ4v) is 3.68. The lowest BCUT2D eigenvalue weighted by molar-refractivity contribution is -0.910. The summed E-state index contributed by atoms with van der Waals surface area (Å²) in [5.41, 5.74) is 0. The Hall–Kier alpha value is -1.40. The molecule has 0 aromatic carbocycles. The standard InChI is InChI=1S/C15H23N3O2S/c1-2-3-8-16-15(20)17-14(19)11-18-9-4-6-12(18)13-7-5-10-21-13/h5,7,10,12H,2-4,6,8-9,11H2,1H3,(H2,16,17,19,20)/p+1/t12-/m1/s1. The van der Waals surface area contributed by atoms with E-state index in [1.807, 2.05) is 0 Å². The van der Waals surface area contributed by atoms with Crippen LogP contribution in [0.15, 0.2) is 17.5 Å². The van der Waals surface area contributed by atoms with Gasteiger partial charge in [0.05, 0.1) is 11.4 Å². The molecule has 2 rings (SSSR count). The summed E-state index contributed by atoms with van der Waals surface area (Å²) in [4.78, 5) is 26.1. The van der Waals surface area contributed by atoms with Gasteiger partial charge in [-0.15, -0.1) is 11.3 Å². The molecule has 21 heavy (non-hydrogen) atoms. The number of rotatable bonds is 6. The topological polar surface area (TPSA) is 62.6 Å². The largest absolute Gasteiger partial charge is 0.338 e. The van der Waals surface area contributed by atoms with Crippen molar-refractivity contribution in [1.82, 2.24) is 10.6 Å². The molecule has 2 heterocycles. The first kappa shape index (κ1) is 16.0. The quantitative estimate of drug-likeness (QED) is 0.689. The second-order valence-electron chi connectivity index (χ2n) is 5.45. The van der Waals surface area contributed by atoms with E-state index in [4.69, 9.17) is 0 Å². The smallest absolute Gasteiger partial charge is 0.321 e. The molecule has 1 aromatic rings. The molecule has 1 aliphatic rings. The van der Waals surface area contributed by atoms with E-state index in [-0.39, 0.29) is 11.9 Å². The zero-order chi connectivity index (χ0) is 15.1. The minimum absolute atomic E-state index is 0.192. The van der Waals surface area contributed by atoms with Crippen molar-refractivity contribution in [1.29, 1.82) is 0 Å². The van der Waals surface area contributed by atoms with Gasteiger partial charge >= 0.3 is 6.03 Å². The highest BCUT2D eigenvalue weighted by molar-refractivity contribution is 7.10. The zero-order valence-corrected chi connectivity index (χ0v) is 13.3. The second kappa shape index (κ2) is 8.14. The molecule has 6 heteroatoms. The van der Waals surface area contributed by atoms with Crippen molar-refractivity contribution < 1.29 is 14.5 Å². The van der Waals surface area contributed by atoms with Gasteiger partial charge in [0.2, 0.25) is 0 Å². The number of quaternary nitrogens is 1. The SMILES string of the molecule is CCCCNC(=O)NC(=O)C[NH+]1CCC[C@@H]1c1cccs1. The molecule has 2 atom stereocenters. The monoisotopic (exact) mass is 310 g/mol. The van der Waals surface area contributed by atoms with Gasteiger partial charge < -0.3 is 10.2 Å². The fraction of sp³-hybridized carbons (Fsp3) is 0.600. The number of likely N-dealkylation sites (tertiary alicyclic amines) is 1. The molecular weight excluding hydrogens is 286 g/mol. The van der Waals surface area contributed by atoms with Gasteiger partial charge in [-0.05, 0) is 17.9 Å². The van der Waals surface area contributed by atoms with Gasteiger partial charge in [-0.1, -0.05) is 19.4 Å². The van der Waals surface area contributed by atoms with Crippen LogP contribution in [0.4, 0.5) is 4.79 Å². The van der Waals surface area contributed by atoms with Crippen LogP contribution in [0, 0.1) is 0 Å². The van der Waals surface area contributed by atoms with Crippen LogP contribution in [0.5, 0.6) is 0 Å². The van der Waals surface area contributed by atoms with E-state index in [1.54, 1.807) is 11.3 Å². The lowest BCUT2D eigenvalue weighted by Gasteiger charge is -2.19. The van der Waals surface area contributed by atoms with Gasteiger partial charge in [-0.2, -0.15) is 0 Å². The molecule has 1 aliphatic heterocycles. The third-order valence-electron chi connectivity index (χ3n) is 3.83. The van der Waals surface area contributed by atoms with Gasteiger partial charge in [0.1, 0.15) is 6.04 Å². The van der Waals surface area contributed by atoms with Gasteiger partial charge in [0.15, 0.2) is 6.54 Å². The van der Waals surface area contributed by atoms with Crippen molar-refractivity contribution in [3.05, 3.63) is 22.4 Å². The summed E-state index contributed by atoms with van der Waals surface area (Å²) in [6.45, 7) is 4.04. The maximum atomic E-state index is 12.0. The number of unbranched alkanes of at least 4 members (excludes halogenated alkanes) is 1. The lowest BCUT2D eigenvalue weighted by Crippen LogP contribution is -3.11. The molecule has 0 aliphatic carbocycles. The van der Waals surface area contributed by atoms with Gasteiger partial charge in [0.25, 0.3) is 5.91 Å². The van der Waals surface area contributed by atoms with Crippen molar-refractivity contribution in [2.75, 3.05) is 19.6 Å². The van der Waals surface area contributed by atoms with E-state index in [0.29, 0.717) is 19.1 Å². The van der Waals surface area contributed by atoms with Crippen molar-refractivity contribution in [3.8, 4) is 0 Å². The highest BCUT2D eigenvalue weighted by atomic mass is 32.1. The molecule has 5 nitrogen and oxygen atoms in total. The van der Waals surface area contributed by atoms with Crippen LogP contribution in [0.2, 0.25) is 0 Å². The zero-order valence-electron chi connectivity index (χ0n) is 12.5. The molecule has 0 saturated carbocycles. The first-order chi connectivity index (χ1) is 10.2. The summed E-state index contributed by atoms with van der Waals surface area (Å²) < 4.78 is 0. The minimum Gasteiger partial charge on any atom is -0.338 e. The Balaban J connectivity index is 1.78. The average molecular weight is 310 g/mol. The van der Waals surface area contributed by atoms with Crippen LogP contribution in [0.1, 0.15) is 43.5 Å². The van der Waals surface area contributed by atoms with Crippen LogP contribution in [0.3, 0.4) is 0 Å². The van der Waals surface area contributed by atoms with E-state index in [9.17, 15) is 9.59 Å². The number of carbonyl (C=O) groups excluding carboxylic acids is 2. The number of hydrogen-bond acceptors (Lipinski definition) is 3. The van der Waals surface area contributed by atoms with Crippen molar-refractivity contribution >= 4 is 23.3 Å². The number of imide groups is 1. The Morgan fingerprint density at radius 3 is 3.05 bits per heavy atom. The maximum absolute atomic E-state index is 12.0. The fourth-order valence-electron chi connectivity index (χ4n) is 2.76. The molecule has 116 valence electrons. The summed E-state index contributed by atoms with van der Waals surface area (Å²) in [6, 6.07) is 4.21. The molecule has 1 fully saturated rings. The Morgan fingerprint density at radius 1 is 1.48 bits per heavy atom. The molecule has 3 N–H and O–H groups in total. The van der Waals surface area contributed by atoms with Crippen LogP contribution in [-0.4, -0.2) is 31.6 Å². The first-order valence-corrected chi connectivity index (χ1v) is 8.54. The number of carbonyl (C=O) groups is 2. The molecule has 0 bridgehead atoms. The molecule has 0 radical (unpaired) electrons. The van der Waals surface area contributed by atoms with E-state index in [2.05, 4.69) is 35.1 Å². The van der Waals surface area contributed by atoms with Gasteiger partial charge in [-0.25, -0.2) is 4.79 Å². The van der Waals surface area contributed by atoms with E-state index >= 15 is 0 Å². The van der Waals surface area contributed by atoms with Crippen molar-refractivity contribution in [2.24, 2.45) is 0 Å². The Bertz CT molecular complexity index is 461. The predicted molar refractivity (Wildman–Crippen MR) is 83.4 cm³/mol. The van der Waals surface area contributed by atoms with Gasteiger partial charge in [-0.3, -0.25) is 10.1 Å². The molecule has 3 amide bonds. The van der Waals surface area contributed by atoms with E-state index < -0.39 is 0 Å². The van der Waals surface area contributed by atoms with Crippen LogP contribution < -0.4 is 15.5 Å². The summed E-state index contributed by atoms with van der Waals surface area (Å²) in [6.07, 6.45) is 4.20. The third kappa shape index (κ3) is 4.82.